The Kier molecular flexibility index (Phi) is 5.53. The van der Waals surface area contributed by atoms with E-state index >= 15 is 0 Å². The number of carbonyl (C=O) groups is 3. The van der Waals surface area contributed by atoms with Gasteiger partial charge in [0, 0.05) is 28.9 Å². The number of amides is 2. The van der Waals surface area contributed by atoms with E-state index in [1.165, 1.54) is 19.2 Å². The summed E-state index contributed by atoms with van der Waals surface area (Å²) in [6, 6.07) is 16.1. The fourth-order valence-electron chi connectivity index (χ4n) is 5.85. The third-order valence-corrected chi connectivity index (χ3v) is 7.73. The number of anilines is 1. The Morgan fingerprint density at radius 3 is 2.42 bits per heavy atom. The molecule has 3 heterocycles. The van der Waals surface area contributed by atoms with Crippen LogP contribution in [0.1, 0.15) is 27.5 Å². The fraction of sp³-hybridized carbons (Fsp3) is 0.179. The second-order valence-electron chi connectivity index (χ2n) is 9.33. The number of methoxy groups -OCH3 is 1. The number of benzene rings is 3. The number of imide groups is 1. The lowest BCUT2D eigenvalue weighted by molar-refractivity contribution is -0.384. The zero-order valence-corrected chi connectivity index (χ0v) is 20.7. The predicted molar refractivity (Wildman–Crippen MR) is 139 cm³/mol. The van der Waals surface area contributed by atoms with Crippen molar-refractivity contribution in [3.05, 3.63) is 105 Å². The summed E-state index contributed by atoms with van der Waals surface area (Å²) in [7, 11) is 1.35. The molecule has 0 saturated carbocycles. The van der Waals surface area contributed by atoms with Crippen LogP contribution in [-0.2, 0) is 9.59 Å². The number of Topliss-reactive ketones (excluding diaryl/α,β-unsaturated/α-hetero) is 1. The van der Waals surface area contributed by atoms with Crippen LogP contribution in [0, 0.1) is 22.0 Å². The smallest absolute Gasteiger partial charge is 0.271 e. The van der Waals surface area contributed by atoms with Gasteiger partial charge in [0.25, 0.3) is 5.69 Å². The SMILES string of the molecule is COc1ccc([N+](=O)[O-])cc1N1C(=O)[C@@H]2[C@H](C1=O)C1c3ccccc3C=CN1[C@@H]2C(=O)c1ccc(Cl)cc1. The largest absolute Gasteiger partial charge is 0.495 e. The van der Waals surface area contributed by atoms with Crippen molar-refractivity contribution in [3.8, 4) is 5.75 Å². The van der Waals surface area contributed by atoms with Crippen molar-refractivity contribution in [2.75, 3.05) is 12.0 Å². The molecule has 0 aliphatic carbocycles. The number of nitro groups is 1. The van der Waals surface area contributed by atoms with Crippen molar-refractivity contribution in [2.24, 2.45) is 11.8 Å². The molecular weight excluding hydrogens is 510 g/mol. The molecule has 190 valence electrons. The van der Waals surface area contributed by atoms with E-state index < -0.39 is 40.7 Å². The van der Waals surface area contributed by atoms with E-state index in [0.717, 1.165) is 22.1 Å². The Labute approximate surface area is 222 Å². The third kappa shape index (κ3) is 3.42. The van der Waals surface area contributed by atoms with E-state index in [1.54, 1.807) is 35.4 Å². The molecule has 0 aromatic heterocycles. The fourth-order valence-corrected chi connectivity index (χ4v) is 5.97. The quantitative estimate of drug-likeness (QED) is 0.205. The molecule has 0 N–H and O–H groups in total. The first kappa shape index (κ1) is 23.9. The standard InChI is InChI=1S/C28H20ClN3O6/c1-38-21-11-10-18(32(36)37)14-20(21)31-27(34)22-23(28(31)35)25(26(33)16-6-8-17(29)9-7-16)30-13-12-15-4-2-3-5-19(15)24(22)30/h2-14,22-25H,1H3/t22-,23+,24?,25-/m0/s1. The average molecular weight is 530 g/mol. The maximum absolute atomic E-state index is 14.1. The van der Waals surface area contributed by atoms with E-state index in [4.69, 9.17) is 16.3 Å². The van der Waals surface area contributed by atoms with Crippen molar-refractivity contribution in [1.29, 1.82) is 0 Å². The molecule has 9 nitrogen and oxygen atoms in total. The van der Waals surface area contributed by atoms with Crippen LogP contribution in [-0.4, -0.2) is 40.6 Å². The van der Waals surface area contributed by atoms with Gasteiger partial charge in [0.2, 0.25) is 11.8 Å². The number of ether oxygens (including phenoxy) is 1. The van der Waals surface area contributed by atoms with E-state index in [2.05, 4.69) is 0 Å². The molecule has 10 heteroatoms. The zero-order chi connectivity index (χ0) is 26.7. The minimum Gasteiger partial charge on any atom is -0.495 e. The summed E-state index contributed by atoms with van der Waals surface area (Å²) in [6.45, 7) is 0. The van der Waals surface area contributed by atoms with Crippen LogP contribution in [0.4, 0.5) is 11.4 Å². The van der Waals surface area contributed by atoms with Crippen molar-refractivity contribution < 1.29 is 24.0 Å². The Hall–Kier alpha value is -4.50. The summed E-state index contributed by atoms with van der Waals surface area (Å²) in [4.78, 5) is 55.7. The number of carbonyl (C=O) groups excluding carboxylic acids is 3. The van der Waals surface area contributed by atoms with Crippen LogP contribution in [0.15, 0.2) is 72.9 Å². The van der Waals surface area contributed by atoms with Gasteiger partial charge >= 0.3 is 0 Å². The van der Waals surface area contributed by atoms with Crippen molar-refractivity contribution in [1.82, 2.24) is 4.90 Å². The number of ketones is 1. The van der Waals surface area contributed by atoms with Crippen LogP contribution in [0.3, 0.4) is 0 Å². The molecule has 2 amide bonds. The van der Waals surface area contributed by atoms with Crippen LogP contribution >= 0.6 is 11.6 Å². The van der Waals surface area contributed by atoms with Gasteiger partial charge in [-0.25, -0.2) is 4.90 Å². The second-order valence-corrected chi connectivity index (χ2v) is 9.77. The first-order valence-corrected chi connectivity index (χ1v) is 12.2. The van der Waals surface area contributed by atoms with Gasteiger partial charge < -0.3 is 9.64 Å². The summed E-state index contributed by atoms with van der Waals surface area (Å²) in [5.41, 5.74) is 1.76. The molecule has 3 aromatic carbocycles. The lowest BCUT2D eigenvalue weighted by Gasteiger charge is -2.35. The normalized spacial score (nSPS) is 23.2. The molecule has 6 rings (SSSR count). The number of halogens is 1. The van der Waals surface area contributed by atoms with Crippen LogP contribution < -0.4 is 9.64 Å². The van der Waals surface area contributed by atoms with Crippen LogP contribution in [0.2, 0.25) is 5.02 Å². The Morgan fingerprint density at radius 1 is 1.00 bits per heavy atom. The Balaban J connectivity index is 1.51. The molecule has 0 radical (unpaired) electrons. The lowest BCUT2D eigenvalue weighted by atomic mass is 9.83. The average Bonchev–Trinajstić information content (AvgIpc) is 3.40. The van der Waals surface area contributed by atoms with Crippen molar-refractivity contribution >= 4 is 46.6 Å². The minimum absolute atomic E-state index is 0.0185. The molecular formula is C28H20ClN3O6. The van der Waals surface area contributed by atoms with E-state index in [0.29, 0.717) is 10.6 Å². The highest BCUT2D eigenvalue weighted by Crippen LogP contribution is 2.54. The topological polar surface area (TPSA) is 110 Å². The summed E-state index contributed by atoms with van der Waals surface area (Å²) >= 11 is 6.03. The maximum Gasteiger partial charge on any atom is 0.271 e. The monoisotopic (exact) mass is 529 g/mol. The molecule has 4 atom stereocenters. The molecule has 1 unspecified atom stereocenters. The minimum atomic E-state index is -1.02. The zero-order valence-electron chi connectivity index (χ0n) is 20.0. The van der Waals surface area contributed by atoms with Crippen molar-refractivity contribution in [2.45, 2.75) is 12.1 Å². The maximum atomic E-state index is 14.1. The number of nitro benzene ring substituents is 1. The molecule has 3 aromatic rings. The van der Waals surface area contributed by atoms with E-state index in [-0.39, 0.29) is 22.9 Å². The molecule has 3 aliphatic rings. The van der Waals surface area contributed by atoms with Gasteiger partial charge in [0.1, 0.15) is 17.5 Å². The van der Waals surface area contributed by atoms with Gasteiger partial charge in [-0.15, -0.1) is 0 Å². The molecule has 0 bridgehead atoms. The lowest BCUT2D eigenvalue weighted by Crippen LogP contribution is -2.44. The van der Waals surface area contributed by atoms with E-state index in [9.17, 15) is 24.5 Å². The van der Waals surface area contributed by atoms with Crippen LogP contribution in [0.5, 0.6) is 5.75 Å². The first-order chi connectivity index (χ1) is 18.3. The highest BCUT2D eigenvalue weighted by molar-refractivity contribution is 6.30. The molecule has 3 aliphatic heterocycles. The third-order valence-electron chi connectivity index (χ3n) is 7.47. The van der Waals surface area contributed by atoms with Crippen molar-refractivity contribution in [3.63, 3.8) is 0 Å². The second kappa shape index (κ2) is 8.81. The summed E-state index contributed by atoms with van der Waals surface area (Å²) < 4.78 is 5.36. The number of non-ortho nitro benzene ring substituents is 1. The highest BCUT2D eigenvalue weighted by atomic mass is 35.5. The summed E-state index contributed by atoms with van der Waals surface area (Å²) in [5.74, 6) is -3.23. The van der Waals surface area contributed by atoms with Gasteiger partial charge in [0.15, 0.2) is 5.78 Å². The Morgan fingerprint density at radius 2 is 1.71 bits per heavy atom. The van der Waals surface area contributed by atoms with E-state index in [1.807, 2.05) is 30.3 Å². The van der Waals surface area contributed by atoms with Gasteiger partial charge in [0.05, 0.1) is 29.9 Å². The summed E-state index contributed by atoms with van der Waals surface area (Å²) in [5, 5.41) is 11.9. The van der Waals surface area contributed by atoms with Crippen LogP contribution in [0.25, 0.3) is 6.08 Å². The predicted octanol–water partition coefficient (Wildman–Crippen LogP) is 4.66. The first-order valence-electron chi connectivity index (χ1n) is 11.9. The number of hydrogen-bond donors (Lipinski definition) is 0. The Bertz CT molecular complexity index is 1550. The molecule has 2 fully saturated rings. The number of nitrogens with zero attached hydrogens (tertiary/aromatic N) is 3. The van der Waals surface area contributed by atoms with Gasteiger partial charge in [-0.1, -0.05) is 35.9 Å². The summed E-state index contributed by atoms with van der Waals surface area (Å²) in [6.07, 6.45) is 3.63. The van der Waals surface area contributed by atoms with Gasteiger partial charge in [-0.3, -0.25) is 24.5 Å². The number of fused-ring (bicyclic) bond motifs is 5. The molecule has 2 saturated heterocycles. The molecule has 0 spiro atoms. The van der Waals surface area contributed by atoms with Gasteiger partial charge in [-0.05, 0) is 47.5 Å². The number of rotatable bonds is 5. The number of hydrogen-bond acceptors (Lipinski definition) is 7. The molecule has 38 heavy (non-hydrogen) atoms. The van der Waals surface area contributed by atoms with Gasteiger partial charge in [-0.2, -0.15) is 0 Å². The highest BCUT2D eigenvalue weighted by Gasteiger charge is 2.64.